The molecule has 1 N–H and O–H groups in total. The Bertz CT molecular complexity index is 535. The van der Waals surface area contributed by atoms with Gasteiger partial charge in [0, 0.05) is 17.1 Å². The minimum Gasteiger partial charge on any atom is -0.488 e. The normalized spacial score (nSPS) is 13.7. The Labute approximate surface area is 117 Å². The zero-order valence-electron chi connectivity index (χ0n) is 10.8. The average Bonchev–Trinajstić information content (AvgIpc) is 2.42. The summed E-state index contributed by atoms with van der Waals surface area (Å²) in [5.74, 6) is 0.671. The average molecular weight is 278 g/mol. The van der Waals surface area contributed by atoms with Crippen molar-refractivity contribution in [2.45, 2.75) is 13.3 Å². The lowest BCUT2D eigenvalue weighted by molar-refractivity contribution is -0.117. The van der Waals surface area contributed by atoms with Crippen LogP contribution in [0, 0.1) is 0 Å². The predicted molar refractivity (Wildman–Crippen MR) is 77.4 cm³/mol. The molecule has 100 valence electrons. The molecule has 0 saturated carbocycles. The summed E-state index contributed by atoms with van der Waals surface area (Å²) in [4.78, 5) is 11.9. The number of amides is 1. The van der Waals surface area contributed by atoms with Crippen LogP contribution in [0.3, 0.4) is 0 Å². The maximum atomic E-state index is 11.9. The fourth-order valence-corrected chi connectivity index (χ4v) is 2.01. The number of fused-ring (bicyclic) bond motifs is 1. The van der Waals surface area contributed by atoms with Crippen molar-refractivity contribution in [3.05, 3.63) is 46.5 Å². The minimum absolute atomic E-state index is 0.0878. The number of rotatable bonds is 4. The first-order chi connectivity index (χ1) is 9.20. The molecule has 1 aliphatic heterocycles. The molecule has 0 unspecified atom stereocenters. The van der Waals surface area contributed by atoms with E-state index in [-0.39, 0.29) is 5.91 Å². The zero-order valence-corrected chi connectivity index (χ0v) is 11.5. The van der Waals surface area contributed by atoms with Crippen LogP contribution >= 0.6 is 11.6 Å². The molecular weight excluding hydrogens is 262 g/mol. The van der Waals surface area contributed by atoms with Crippen LogP contribution in [0.15, 0.2) is 35.9 Å². The summed E-state index contributed by atoms with van der Waals surface area (Å²) in [6.07, 6.45) is 6.64. The largest absolute Gasteiger partial charge is 0.488 e. The van der Waals surface area contributed by atoms with Gasteiger partial charge in [-0.2, -0.15) is 0 Å². The van der Waals surface area contributed by atoms with E-state index in [0.717, 1.165) is 17.7 Å². The second-order valence-corrected chi connectivity index (χ2v) is 4.69. The molecule has 0 atom stereocenters. The van der Waals surface area contributed by atoms with E-state index in [1.54, 1.807) is 12.1 Å². The standard InChI is InChI=1S/C15H16ClNO2/c1-2-3-4-7-17-15(18)12-8-11-9-13(16)5-6-14(11)19-10-12/h2-3,5-6,8-9H,4,7,10H2,1H3,(H,17,18)/b3-2+. The van der Waals surface area contributed by atoms with Crippen LogP contribution in [-0.4, -0.2) is 19.1 Å². The molecule has 19 heavy (non-hydrogen) atoms. The maximum Gasteiger partial charge on any atom is 0.250 e. The summed E-state index contributed by atoms with van der Waals surface area (Å²) in [6.45, 7) is 2.88. The van der Waals surface area contributed by atoms with Crippen LogP contribution in [0.4, 0.5) is 0 Å². The van der Waals surface area contributed by atoms with Gasteiger partial charge in [-0.15, -0.1) is 0 Å². The second-order valence-electron chi connectivity index (χ2n) is 4.25. The van der Waals surface area contributed by atoms with Crippen LogP contribution in [0.2, 0.25) is 5.02 Å². The van der Waals surface area contributed by atoms with Crippen molar-refractivity contribution in [1.82, 2.24) is 5.32 Å². The quantitative estimate of drug-likeness (QED) is 0.678. The Balaban J connectivity index is 2.03. The monoisotopic (exact) mass is 277 g/mol. The summed E-state index contributed by atoms with van der Waals surface area (Å²) in [5, 5.41) is 3.49. The summed E-state index contributed by atoms with van der Waals surface area (Å²) >= 11 is 5.93. The van der Waals surface area contributed by atoms with Gasteiger partial charge in [0.15, 0.2) is 0 Å². The molecule has 1 aliphatic rings. The molecule has 1 aromatic carbocycles. The number of nitrogens with one attached hydrogen (secondary N) is 1. The van der Waals surface area contributed by atoms with Gasteiger partial charge in [0.2, 0.25) is 0 Å². The first-order valence-corrected chi connectivity index (χ1v) is 6.61. The Morgan fingerprint density at radius 2 is 2.37 bits per heavy atom. The van der Waals surface area contributed by atoms with E-state index in [1.807, 2.05) is 31.2 Å². The molecule has 0 spiro atoms. The molecule has 0 fully saturated rings. The Hall–Kier alpha value is -1.74. The summed E-state index contributed by atoms with van der Waals surface area (Å²) in [7, 11) is 0. The molecule has 0 bridgehead atoms. The van der Waals surface area contributed by atoms with Gasteiger partial charge in [0.05, 0.1) is 5.57 Å². The molecule has 0 saturated heterocycles. The minimum atomic E-state index is -0.0878. The third kappa shape index (κ3) is 3.61. The van der Waals surface area contributed by atoms with Gasteiger partial charge in [-0.1, -0.05) is 23.8 Å². The summed E-state index contributed by atoms with van der Waals surface area (Å²) in [5.41, 5.74) is 1.47. The van der Waals surface area contributed by atoms with Crippen LogP contribution in [-0.2, 0) is 4.79 Å². The van der Waals surface area contributed by atoms with E-state index >= 15 is 0 Å². The lowest BCUT2D eigenvalue weighted by atomic mass is 10.1. The molecule has 1 amide bonds. The van der Waals surface area contributed by atoms with E-state index in [1.165, 1.54) is 0 Å². The summed E-state index contributed by atoms with van der Waals surface area (Å²) < 4.78 is 5.54. The SMILES string of the molecule is C/C=C/CCNC(=O)C1=Cc2cc(Cl)ccc2OC1. The van der Waals surface area contributed by atoms with Crippen LogP contribution < -0.4 is 10.1 Å². The number of hydrogen-bond acceptors (Lipinski definition) is 2. The molecule has 0 aromatic heterocycles. The highest BCUT2D eigenvalue weighted by Crippen LogP contribution is 2.28. The van der Waals surface area contributed by atoms with Gasteiger partial charge in [0.1, 0.15) is 12.4 Å². The Morgan fingerprint density at radius 3 is 3.16 bits per heavy atom. The molecule has 1 aromatic rings. The van der Waals surface area contributed by atoms with Crippen LogP contribution in [0.25, 0.3) is 6.08 Å². The lowest BCUT2D eigenvalue weighted by Crippen LogP contribution is -2.29. The molecule has 4 heteroatoms. The Morgan fingerprint density at radius 1 is 1.53 bits per heavy atom. The van der Waals surface area contributed by atoms with Crippen molar-refractivity contribution >= 4 is 23.6 Å². The number of carbonyl (C=O) groups excluding carboxylic acids is 1. The van der Waals surface area contributed by atoms with E-state index < -0.39 is 0 Å². The fourth-order valence-electron chi connectivity index (χ4n) is 1.83. The van der Waals surface area contributed by atoms with Crippen molar-refractivity contribution in [1.29, 1.82) is 0 Å². The molecule has 3 nitrogen and oxygen atoms in total. The van der Waals surface area contributed by atoms with Crippen molar-refractivity contribution in [3.63, 3.8) is 0 Å². The van der Waals surface area contributed by atoms with Gasteiger partial charge in [-0.3, -0.25) is 4.79 Å². The van der Waals surface area contributed by atoms with Crippen LogP contribution in [0.5, 0.6) is 5.75 Å². The highest BCUT2D eigenvalue weighted by atomic mass is 35.5. The number of ether oxygens (including phenoxy) is 1. The molecule has 0 aliphatic carbocycles. The van der Waals surface area contributed by atoms with Crippen molar-refractivity contribution in [2.75, 3.05) is 13.2 Å². The topological polar surface area (TPSA) is 38.3 Å². The zero-order chi connectivity index (χ0) is 13.7. The number of halogens is 1. The summed E-state index contributed by atoms with van der Waals surface area (Å²) in [6, 6.07) is 5.38. The predicted octanol–water partition coefficient (Wildman–Crippen LogP) is 3.20. The first-order valence-electron chi connectivity index (χ1n) is 6.23. The third-order valence-corrected chi connectivity index (χ3v) is 3.04. The van der Waals surface area contributed by atoms with Crippen molar-refractivity contribution in [3.8, 4) is 5.75 Å². The number of hydrogen-bond donors (Lipinski definition) is 1. The highest BCUT2D eigenvalue weighted by Gasteiger charge is 2.16. The number of allylic oxidation sites excluding steroid dienone is 1. The first kappa shape index (κ1) is 13.7. The highest BCUT2D eigenvalue weighted by molar-refractivity contribution is 6.30. The van der Waals surface area contributed by atoms with E-state index in [9.17, 15) is 4.79 Å². The van der Waals surface area contributed by atoms with Crippen LogP contribution in [0.1, 0.15) is 18.9 Å². The van der Waals surface area contributed by atoms with E-state index in [2.05, 4.69) is 5.32 Å². The smallest absolute Gasteiger partial charge is 0.250 e. The van der Waals surface area contributed by atoms with Gasteiger partial charge in [-0.25, -0.2) is 0 Å². The van der Waals surface area contributed by atoms with Gasteiger partial charge in [-0.05, 0) is 37.6 Å². The Kier molecular flexibility index (Phi) is 4.63. The van der Waals surface area contributed by atoms with Crippen molar-refractivity contribution in [2.24, 2.45) is 0 Å². The lowest BCUT2D eigenvalue weighted by Gasteiger charge is -2.17. The fraction of sp³-hybridized carbons (Fsp3) is 0.267. The van der Waals surface area contributed by atoms with E-state index in [0.29, 0.717) is 23.7 Å². The van der Waals surface area contributed by atoms with E-state index in [4.69, 9.17) is 16.3 Å². The molecule has 0 radical (unpaired) electrons. The molecule has 1 heterocycles. The number of benzene rings is 1. The van der Waals surface area contributed by atoms with Gasteiger partial charge >= 0.3 is 0 Å². The molecular formula is C15H16ClNO2. The maximum absolute atomic E-state index is 11.9. The second kappa shape index (κ2) is 6.43. The van der Waals surface area contributed by atoms with Gasteiger partial charge < -0.3 is 10.1 Å². The van der Waals surface area contributed by atoms with Gasteiger partial charge in [0.25, 0.3) is 5.91 Å². The molecule has 2 rings (SSSR count). The van der Waals surface area contributed by atoms with Crippen molar-refractivity contribution < 1.29 is 9.53 Å². The third-order valence-electron chi connectivity index (χ3n) is 2.81. The number of carbonyl (C=O) groups is 1.